The Hall–Kier alpha value is -1.51. The molecule has 0 fully saturated rings. The summed E-state index contributed by atoms with van der Waals surface area (Å²) in [6.07, 6.45) is 0. The standard InChI is InChI=1S/C9H11FN2/c1-6-3-4-8(10)5-9(6)12-7(2)11/h3-5,12H,2,11H2,1H3. The zero-order valence-electron chi connectivity index (χ0n) is 6.89. The number of aryl methyl sites for hydroxylation is 1. The first kappa shape index (κ1) is 8.59. The molecule has 0 unspecified atom stereocenters. The molecule has 0 aliphatic rings. The minimum atomic E-state index is -0.288. The van der Waals surface area contributed by atoms with Crippen molar-refractivity contribution in [1.29, 1.82) is 0 Å². The molecule has 1 aromatic carbocycles. The molecular weight excluding hydrogens is 155 g/mol. The highest BCUT2D eigenvalue weighted by Crippen LogP contribution is 2.16. The van der Waals surface area contributed by atoms with Crippen molar-refractivity contribution in [3.8, 4) is 0 Å². The lowest BCUT2D eigenvalue weighted by Crippen LogP contribution is -2.07. The molecule has 0 amide bonds. The first-order valence-corrected chi connectivity index (χ1v) is 3.57. The molecule has 0 heterocycles. The fourth-order valence-corrected chi connectivity index (χ4v) is 0.902. The van der Waals surface area contributed by atoms with Gasteiger partial charge in [-0.15, -0.1) is 0 Å². The second-order valence-electron chi connectivity index (χ2n) is 2.61. The third-order valence-electron chi connectivity index (χ3n) is 1.49. The fraction of sp³-hybridized carbons (Fsp3) is 0.111. The summed E-state index contributed by atoms with van der Waals surface area (Å²) >= 11 is 0. The SMILES string of the molecule is C=C(N)Nc1cc(F)ccc1C. The molecule has 0 saturated heterocycles. The lowest BCUT2D eigenvalue weighted by Gasteiger charge is -2.07. The Kier molecular flexibility index (Phi) is 2.33. The van der Waals surface area contributed by atoms with Crippen LogP contribution in [-0.2, 0) is 0 Å². The monoisotopic (exact) mass is 166 g/mol. The summed E-state index contributed by atoms with van der Waals surface area (Å²) in [7, 11) is 0. The van der Waals surface area contributed by atoms with Crippen molar-refractivity contribution in [2.45, 2.75) is 6.92 Å². The van der Waals surface area contributed by atoms with Crippen molar-refractivity contribution in [2.75, 3.05) is 5.32 Å². The molecule has 0 aliphatic heterocycles. The molecule has 3 N–H and O–H groups in total. The summed E-state index contributed by atoms with van der Waals surface area (Å²) in [5, 5.41) is 2.76. The predicted molar refractivity (Wildman–Crippen MR) is 48.1 cm³/mol. The highest BCUT2D eigenvalue weighted by molar-refractivity contribution is 5.53. The maximum Gasteiger partial charge on any atom is 0.125 e. The van der Waals surface area contributed by atoms with Crippen molar-refractivity contribution in [3.63, 3.8) is 0 Å². The van der Waals surface area contributed by atoms with Crippen molar-refractivity contribution in [2.24, 2.45) is 5.73 Å². The van der Waals surface area contributed by atoms with E-state index in [9.17, 15) is 4.39 Å². The van der Waals surface area contributed by atoms with Gasteiger partial charge < -0.3 is 11.1 Å². The van der Waals surface area contributed by atoms with Crippen molar-refractivity contribution in [3.05, 3.63) is 42.0 Å². The first-order chi connectivity index (χ1) is 5.59. The average molecular weight is 166 g/mol. The Labute approximate surface area is 70.9 Å². The largest absolute Gasteiger partial charge is 0.386 e. The Bertz CT molecular complexity index is 307. The second kappa shape index (κ2) is 3.26. The van der Waals surface area contributed by atoms with E-state index in [0.717, 1.165) is 5.56 Å². The summed E-state index contributed by atoms with van der Waals surface area (Å²) < 4.78 is 12.7. The first-order valence-electron chi connectivity index (χ1n) is 3.57. The van der Waals surface area contributed by atoms with Gasteiger partial charge in [0, 0.05) is 5.69 Å². The molecule has 1 rings (SSSR count). The minimum Gasteiger partial charge on any atom is -0.386 e. The Morgan fingerprint density at radius 1 is 1.58 bits per heavy atom. The maximum atomic E-state index is 12.7. The Balaban J connectivity index is 2.97. The molecule has 1 aromatic rings. The zero-order chi connectivity index (χ0) is 9.14. The number of nitrogens with two attached hydrogens (primary N) is 1. The molecule has 0 radical (unpaired) electrons. The molecular formula is C9H11FN2. The van der Waals surface area contributed by atoms with Crippen LogP contribution in [0.2, 0.25) is 0 Å². The normalized spacial score (nSPS) is 9.50. The minimum absolute atomic E-state index is 0.288. The number of nitrogens with one attached hydrogen (secondary N) is 1. The van der Waals surface area contributed by atoms with Gasteiger partial charge in [-0.05, 0) is 24.6 Å². The van der Waals surface area contributed by atoms with Crippen molar-refractivity contribution >= 4 is 5.69 Å². The number of halogens is 1. The third-order valence-corrected chi connectivity index (χ3v) is 1.49. The van der Waals surface area contributed by atoms with Gasteiger partial charge in [-0.3, -0.25) is 0 Å². The van der Waals surface area contributed by atoms with Crippen LogP contribution in [0.15, 0.2) is 30.6 Å². The van der Waals surface area contributed by atoms with E-state index >= 15 is 0 Å². The zero-order valence-corrected chi connectivity index (χ0v) is 6.89. The maximum absolute atomic E-state index is 12.7. The van der Waals surface area contributed by atoms with E-state index in [4.69, 9.17) is 5.73 Å². The van der Waals surface area contributed by atoms with Crippen LogP contribution in [-0.4, -0.2) is 0 Å². The van der Waals surface area contributed by atoms with E-state index in [1.165, 1.54) is 12.1 Å². The molecule has 64 valence electrons. The number of anilines is 1. The highest BCUT2D eigenvalue weighted by Gasteiger charge is 1.98. The van der Waals surface area contributed by atoms with Gasteiger partial charge in [0.1, 0.15) is 5.82 Å². The fourth-order valence-electron chi connectivity index (χ4n) is 0.902. The van der Waals surface area contributed by atoms with E-state index in [1.807, 2.05) is 6.92 Å². The molecule has 3 heteroatoms. The van der Waals surface area contributed by atoms with Gasteiger partial charge in [-0.25, -0.2) is 4.39 Å². The molecule has 2 nitrogen and oxygen atoms in total. The molecule has 0 spiro atoms. The van der Waals surface area contributed by atoms with E-state index in [1.54, 1.807) is 6.07 Å². The van der Waals surface area contributed by atoms with Gasteiger partial charge in [0.2, 0.25) is 0 Å². The van der Waals surface area contributed by atoms with Crippen LogP contribution < -0.4 is 11.1 Å². The van der Waals surface area contributed by atoms with E-state index < -0.39 is 0 Å². The van der Waals surface area contributed by atoms with Crippen molar-refractivity contribution in [1.82, 2.24) is 0 Å². The van der Waals surface area contributed by atoms with Gasteiger partial charge >= 0.3 is 0 Å². The van der Waals surface area contributed by atoms with Crippen LogP contribution >= 0.6 is 0 Å². The molecule has 0 atom stereocenters. The van der Waals surface area contributed by atoms with Gasteiger partial charge in [-0.1, -0.05) is 12.6 Å². The van der Waals surface area contributed by atoms with Gasteiger partial charge in [0.25, 0.3) is 0 Å². The van der Waals surface area contributed by atoms with Crippen molar-refractivity contribution < 1.29 is 4.39 Å². The van der Waals surface area contributed by atoms with E-state index in [0.29, 0.717) is 11.5 Å². The Morgan fingerprint density at radius 3 is 2.83 bits per heavy atom. The third kappa shape index (κ3) is 1.99. The number of benzene rings is 1. The lowest BCUT2D eigenvalue weighted by atomic mass is 10.2. The van der Waals surface area contributed by atoms with Crippen LogP contribution in [0.3, 0.4) is 0 Å². The summed E-state index contributed by atoms with van der Waals surface area (Å²) in [6, 6.07) is 4.47. The number of rotatable bonds is 2. The number of hydrogen-bond donors (Lipinski definition) is 2. The lowest BCUT2D eigenvalue weighted by molar-refractivity contribution is 0.628. The van der Waals surface area contributed by atoms with Crippen LogP contribution in [0.25, 0.3) is 0 Å². The van der Waals surface area contributed by atoms with Gasteiger partial charge in [0.15, 0.2) is 0 Å². The summed E-state index contributed by atoms with van der Waals surface area (Å²) in [4.78, 5) is 0. The Morgan fingerprint density at radius 2 is 2.25 bits per heavy atom. The second-order valence-corrected chi connectivity index (χ2v) is 2.61. The molecule has 0 aromatic heterocycles. The molecule has 0 aliphatic carbocycles. The van der Waals surface area contributed by atoms with Gasteiger partial charge in [-0.2, -0.15) is 0 Å². The highest BCUT2D eigenvalue weighted by atomic mass is 19.1. The van der Waals surface area contributed by atoms with Crippen LogP contribution in [0, 0.1) is 12.7 Å². The topological polar surface area (TPSA) is 38.0 Å². The molecule has 12 heavy (non-hydrogen) atoms. The quantitative estimate of drug-likeness (QED) is 0.705. The average Bonchev–Trinajstić information content (AvgIpc) is 1.96. The number of hydrogen-bond acceptors (Lipinski definition) is 2. The van der Waals surface area contributed by atoms with Crippen LogP contribution in [0.5, 0.6) is 0 Å². The van der Waals surface area contributed by atoms with E-state index in [2.05, 4.69) is 11.9 Å². The van der Waals surface area contributed by atoms with Crippen LogP contribution in [0.4, 0.5) is 10.1 Å². The molecule has 0 saturated carbocycles. The predicted octanol–water partition coefficient (Wildman–Crippen LogP) is 1.98. The van der Waals surface area contributed by atoms with E-state index in [-0.39, 0.29) is 5.82 Å². The van der Waals surface area contributed by atoms with Gasteiger partial charge in [0.05, 0.1) is 5.82 Å². The summed E-state index contributed by atoms with van der Waals surface area (Å²) in [5.74, 6) is 0.0213. The molecule has 0 bridgehead atoms. The summed E-state index contributed by atoms with van der Waals surface area (Å²) in [6.45, 7) is 5.33. The summed E-state index contributed by atoms with van der Waals surface area (Å²) in [5.41, 5.74) is 6.90. The smallest absolute Gasteiger partial charge is 0.125 e. The van der Waals surface area contributed by atoms with Crippen LogP contribution in [0.1, 0.15) is 5.56 Å².